The fourth-order valence-corrected chi connectivity index (χ4v) is 4.62. The summed E-state index contributed by atoms with van der Waals surface area (Å²) in [5, 5.41) is 3.14. The molecule has 5 rings (SSSR count). The van der Waals surface area contributed by atoms with Crippen LogP contribution in [0.4, 0.5) is 5.69 Å². The molecule has 0 aromatic heterocycles. The van der Waals surface area contributed by atoms with E-state index in [-0.39, 0.29) is 5.91 Å². The largest absolute Gasteiger partial charge is 0.323 e. The van der Waals surface area contributed by atoms with Crippen molar-refractivity contribution in [1.82, 2.24) is 9.80 Å². The maximum absolute atomic E-state index is 13.5. The van der Waals surface area contributed by atoms with Gasteiger partial charge in [0.05, 0.1) is 0 Å². The van der Waals surface area contributed by atoms with Gasteiger partial charge in [0.15, 0.2) is 5.66 Å². The Balaban J connectivity index is 1.58. The lowest BCUT2D eigenvalue weighted by molar-refractivity contribution is -0.136. The summed E-state index contributed by atoms with van der Waals surface area (Å²) < 4.78 is 0. The molecule has 2 heterocycles. The smallest absolute Gasteiger partial charge is 0.264 e. The predicted octanol–water partition coefficient (Wildman–Crippen LogP) is 3.81. The fraction of sp³-hybridized carbons (Fsp3) is 0.208. The van der Waals surface area contributed by atoms with Crippen LogP contribution in [0.15, 0.2) is 84.9 Å². The quantitative estimate of drug-likeness (QED) is 0.760. The van der Waals surface area contributed by atoms with E-state index >= 15 is 0 Å². The number of carbonyl (C=O) groups excluding carboxylic acids is 1. The normalized spacial score (nSPS) is 18.4. The van der Waals surface area contributed by atoms with E-state index in [0.717, 1.165) is 37.4 Å². The van der Waals surface area contributed by atoms with Crippen LogP contribution in [-0.2, 0) is 23.5 Å². The summed E-state index contributed by atoms with van der Waals surface area (Å²) >= 11 is 0. The molecule has 3 aromatic rings. The minimum Gasteiger partial charge on any atom is -0.323 e. The van der Waals surface area contributed by atoms with Crippen molar-refractivity contribution < 1.29 is 4.79 Å². The van der Waals surface area contributed by atoms with Gasteiger partial charge in [0.1, 0.15) is 0 Å². The van der Waals surface area contributed by atoms with Crippen LogP contribution in [0.5, 0.6) is 0 Å². The number of rotatable bonds is 4. The van der Waals surface area contributed by atoms with Crippen molar-refractivity contribution in [2.45, 2.75) is 18.8 Å². The number of fused-ring (bicyclic) bond motifs is 2. The van der Waals surface area contributed by atoms with Gasteiger partial charge in [0.25, 0.3) is 5.91 Å². The monoisotopic (exact) mass is 369 g/mol. The Labute approximate surface area is 165 Å². The summed E-state index contributed by atoms with van der Waals surface area (Å²) in [6, 6.07) is 28.9. The molecule has 0 radical (unpaired) electrons. The maximum Gasteiger partial charge on any atom is 0.264 e. The summed E-state index contributed by atoms with van der Waals surface area (Å²) in [7, 11) is 0. The maximum atomic E-state index is 13.5. The summed E-state index contributed by atoms with van der Waals surface area (Å²) in [5.74, 6) is 0.0538. The first-order valence-electron chi connectivity index (χ1n) is 9.77. The Hall–Kier alpha value is -2.95. The first-order valence-corrected chi connectivity index (χ1v) is 9.77. The van der Waals surface area contributed by atoms with Gasteiger partial charge in [-0.25, -0.2) is 0 Å². The molecule has 1 saturated heterocycles. The molecule has 0 atom stereocenters. The highest BCUT2D eigenvalue weighted by Crippen LogP contribution is 2.46. The number of hydrogen-bond donors (Lipinski definition) is 1. The number of benzene rings is 3. The minimum atomic E-state index is -0.762. The molecule has 1 spiro atoms. The van der Waals surface area contributed by atoms with Gasteiger partial charge in [-0.15, -0.1) is 0 Å². The number of amides is 1. The Morgan fingerprint density at radius 2 is 1.21 bits per heavy atom. The van der Waals surface area contributed by atoms with Crippen molar-refractivity contribution in [2.75, 3.05) is 18.4 Å². The topological polar surface area (TPSA) is 35.6 Å². The Morgan fingerprint density at radius 1 is 0.714 bits per heavy atom. The van der Waals surface area contributed by atoms with Gasteiger partial charge in [0.2, 0.25) is 0 Å². The second-order valence-electron chi connectivity index (χ2n) is 7.49. The fourth-order valence-electron chi connectivity index (χ4n) is 4.62. The van der Waals surface area contributed by atoms with Crippen molar-refractivity contribution in [3.05, 3.63) is 102 Å². The first kappa shape index (κ1) is 17.2. The highest BCUT2D eigenvalue weighted by Gasteiger charge is 2.58. The molecule has 0 unspecified atom stereocenters. The molecule has 4 heteroatoms. The van der Waals surface area contributed by atoms with Gasteiger partial charge in [0, 0.05) is 37.4 Å². The van der Waals surface area contributed by atoms with Crippen LogP contribution in [0.1, 0.15) is 16.7 Å². The lowest BCUT2D eigenvalue weighted by atomic mass is 9.97. The van der Waals surface area contributed by atoms with E-state index in [1.54, 1.807) is 0 Å². The van der Waals surface area contributed by atoms with E-state index in [2.05, 4.69) is 69.7 Å². The molecule has 2 aliphatic heterocycles. The van der Waals surface area contributed by atoms with Crippen LogP contribution in [-0.4, -0.2) is 28.8 Å². The number of hydrogen-bond acceptors (Lipinski definition) is 3. The Morgan fingerprint density at radius 3 is 1.79 bits per heavy atom. The third kappa shape index (κ3) is 2.65. The average Bonchev–Trinajstić information content (AvgIpc) is 3.23. The third-order valence-corrected chi connectivity index (χ3v) is 5.86. The highest BCUT2D eigenvalue weighted by atomic mass is 16.2. The first-order chi connectivity index (χ1) is 13.8. The number of para-hydroxylation sites is 1. The van der Waals surface area contributed by atoms with Crippen molar-refractivity contribution >= 4 is 11.6 Å². The molecule has 1 fully saturated rings. The van der Waals surface area contributed by atoms with Crippen LogP contribution in [0.25, 0.3) is 0 Å². The molecule has 0 aliphatic carbocycles. The van der Waals surface area contributed by atoms with Crippen molar-refractivity contribution in [1.29, 1.82) is 0 Å². The SMILES string of the molecule is O=C1Nc2ccccc2C12N(Cc1ccccc1)CCN2Cc1ccccc1. The van der Waals surface area contributed by atoms with E-state index in [4.69, 9.17) is 0 Å². The molecular weight excluding hydrogens is 346 g/mol. The molecule has 0 saturated carbocycles. The second kappa shape index (κ2) is 6.89. The summed E-state index contributed by atoms with van der Waals surface area (Å²) in [4.78, 5) is 18.1. The molecular formula is C24H23N3O. The third-order valence-electron chi connectivity index (χ3n) is 5.86. The molecule has 28 heavy (non-hydrogen) atoms. The molecule has 3 aromatic carbocycles. The van der Waals surface area contributed by atoms with Crippen LogP contribution >= 0.6 is 0 Å². The predicted molar refractivity (Wildman–Crippen MR) is 110 cm³/mol. The lowest BCUT2D eigenvalue weighted by Gasteiger charge is -2.39. The Bertz CT molecular complexity index is 938. The molecule has 4 nitrogen and oxygen atoms in total. The van der Waals surface area contributed by atoms with E-state index in [1.165, 1.54) is 11.1 Å². The minimum absolute atomic E-state index is 0.0538. The summed E-state index contributed by atoms with van der Waals surface area (Å²) in [6.07, 6.45) is 0. The Kier molecular flexibility index (Phi) is 4.23. The number of nitrogens with one attached hydrogen (secondary N) is 1. The molecule has 140 valence electrons. The van der Waals surface area contributed by atoms with Gasteiger partial charge in [-0.2, -0.15) is 0 Å². The zero-order valence-electron chi connectivity index (χ0n) is 15.7. The molecule has 2 aliphatic rings. The van der Waals surface area contributed by atoms with Crippen LogP contribution < -0.4 is 5.32 Å². The highest BCUT2D eigenvalue weighted by molar-refractivity contribution is 6.05. The van der Waals surface area contributed by atoms with Crippen LogP contribution in [0, 0.1) is 0 Å². The number of anilines is 1. The molecule has 1 N–H and O–H groups in total. The van der Waals surface area contributed by atoms with Crippen molar-refractivity contribution in [2.24, 2.45) is 0 Å². The van der Waals surface area contributed by atoms with Gasteiger partial charge in [-0.3, -0.25) is 14.6 Å². The lowest BCUT2D eigenvalue weighted by Crippen LogP contribution is -2.54. The van der Waals surface area contributed by atoms with E-state index in [0.29, 0.717) is 0 Å². The van der Waals surface area contributed by atoms with Gasteiger partial charge in [-0.05, 0) is 17.2 Å². The molecule has 1 amide bonds. The van der Waals surface area contributed by atoms with Crippen molar-refractivity contribution in [3.8, 4) is 0 Å². The van der Waals surface area contributed by atoms with E-state index in [1.807, 2.05) is 30.3 Å². The van der Waals surface area contributed by atoms with Gasteiger partial charge < -0.3 is 5.32 Å². The van der Waals surface area contributed by atoms with Crippen molar-refractivity contribution in [3.63, 3.8) is 0 Å². The zero-order chi connectivity index (χ0) is 19.0. The van der Waals surface area contributed by atoms with Gasteiger partial charge in [-0.1, -0.05) is 78.9 Å². The number of carbonyl (C=O) groups is 1. The standard InChI is InChI=1S/C24H23N3O/c28-23-24(21-13-7-8-14-22(21)25-23)26(17-19-9-3-1-4-10-19)15-16-27(24)18-20-11-5-2-6-12-20/h1-14H,15-18H2,(H,25,28). The summed E-state index contributed by atoms with van der Waals surface area (Å²) in [6.45, 7) is 3.19. The van der Waals surface area contributed by atoms with E-state index < -0.39 is 5.66 Å². The van der Waals surface area contributed by atoms with Crippen LogP contribution in [0.3, 0.4) is 0 Å². The van der Waals surface area contributed by atoms with E-state index in [9.17, 15) is 4.79 Å². The van der Waals surface area contributed by atoms with Crippen LogP contribution in [0.2, 0.25) is 0 Å². The second-order valence-corrected chi connectivity index (χ2v) is 7.49. The zero-order valence-corrected chi connectivity index (χ0v) is 15.7. The number of nitrogens with zero attached hydrogens (tertiary/aromatic N) is 2. The summed E-state index contributed by atoms with van der Waals surface area (Å²) in [5.41, 5.74) is 3.67. The average molecular weight is 369 g/mol. The van der Waals surface area contributed by atoms with Gasteiger partial charge >= 0.3 is 0 Å². The molecule has 0 bridgehead atoms.